The Hall–Kier alpha value is -3.68. The highest BCUT2D eigenvalue weighted by Gasteiger charge is 2.31. The molecule has 3 aromatic rings. The Morgan fingerprint density at radius 2 is 1.05 bits per heavy atom. The number of Topliss-reactive ketones (excluding diaryl/α,β-unsaturated/α-hetero) is 2. The maximum Gasteiger partial charge on any atom is 0.155 e. The first kappa shape index (κ1) is 46.0. The molecule has 5 atom stereocenters. The van der Waals surface area contributed by atoms with Crippen LogP contribution in [0.3, 0.4) is 0 Å². The van der Waals surface area contributed by atoms with Crippen LogP contribution in [0.1, 0.15) is 121 Å². The molecule has 1 saturated carbocycles. The van der Waals surface area contributed by atoms with Crippen molar-refractivity contribution in [2.45, 2.75) is 130 Å². The topological polar surface area (TPSA) is 82.1 Å². The Kier molecular flexibility index (Phi) is 21.9. The Bertz CT molecular complexity index is 1600. The second-order valence-electron chi connectivity index (χ2n) is 16.2. The first-order valence-corrected chi connectivity index (χ1v) is 21.7. The van der Waals surface area contributed by atoms with Gasteiger partial charge in [0, 0.05) is 25.7 Å². The SMILES string of the molecule is CC(=O)C1=CCCC(CCOCc2ccccc2)C1.CC(=O)C1CC(CCOCc2ccccc2)CCC1O.CCC1=CCCC(CCOCc2ccccc2)C1. The minimum atomic E-state index is -0.436. The number of carbonyl (C=O) groups excluding carboxylic acids is 2. The third-order valence-corrected chi connectivity index (χ3v) is 11.7. The van der Waals surface area contributed by atoms with Gasteiger partial charge < -0.3 is 19.3 Å². The first-order valence-electron chi connectivity index (χ1n) is 21.7. The van der Waals surface area contributed by atoms with Crippen molar-refractivity contribution in [3.63, 3.8) is 0 Å². The van der Waals surface area contributed by atoms with Crippen LogP contribution >= 0.6 is 0 Å². The van der Waals surface area contributed by atoms with E-state index in [-0.39, 0.29) is 17.5 Å². The van der Waals surface area contributed by atoms with Gasteiger partial charge in [-0.25, -0.2) is 0 Å². The highest BCUT2D eigenvalue weighted by atomic mass is 16.5. The van der Waals surface area contributed by atoms with Crippen LogP contribution in [0.5, 0.6) is 0 Å². The van der Waals surface area contributed by atoms with Gasteiger partial charge in [-0.15, -0.1) is 0 Å². The Morgan fingerprint density at radius 3 is 1.51 bits per heavy atom. The van der Waals surface area contributed by atoms with E-state index in [4.69, 9.17) is 14.2 Å². The van der Waals surface area contributed by atoms with Gasteiger partial charge in [0.1, 0.15) is 5.78 Å². The van der Waals surface area contributed by atoms with E-state index in [9.17, 15) is 14.7 Å². The standard InChI is InChI=1S/C17H24O3.C17H22O2.C17H24O/c1-13(18)16-11-14(7-8-17(16)19)9-10-20-12-15-5-3-2-4-6-15;1-14(18)17-9-5-8-15(12-17)10-11-19-13-16-6-3-2-4-7-16;1-2-15-9-6-10-16(13-15)11-12-18-14-17-7-4-3-5-8-17/h2-6,14,16-17,19H,7-12H2,1H3;2-4,6-7,9,15H,5,8,10-13H2,1H3;3-5,7-9,16H,2,6,10-14H2,1H3. The molecule has 0 heterocycles. The van der Waals surface area contributed by atoms with Gasteiger partial charge >= 0.3 is 0 Å². The van der Waals surface area contributed by atoms with Gasteiger partial charge in [-0.05, 0) is 137 Å². The molecule has 310 valence electrons. The average Bonchev–Trinajstić information content (AvgIpc) is 3.25. The first-order chi connectivity index (χ1) is 27.8. The third-order valence-electron chi connectivity index (χ3n) is 11.7. The lowest BCUT2D eigenvalue weighted by atomic mass is 9.76. The molecule has 0 spiro atoms. The molecule has 0 aromatic heterocycles. The lowest BCUT2D eigenvalue weighted by molar-refractivity contribution is -0.126. The summed E-state index contributed by atoms with van der Waals surface area (Å²) in [7, 11) is 0. The normalized spacial score (nSPS) is 21.8. The van der Waals surface area contributed by atoms with Crippen LogP contribution in [0.15, 0.2) is 114 Å². The van der Waals surface area contributed by atoms with Crippen molar-refractivity contribution >= 4 is 11.6 Å². The summed E-state index contributed by atoms with van der Waals surface area (Å²) in [6.45, 7) is 10.0. The number of ketones is 2. The number of rotatable bonds is 18. The lowest BCUT2D eigenvalue weighted by Crippen LogP contribution is -2.34. The summed E-state index contributed by atoms with van der Waals surface area (Å²) in [4.78, 5) is 22.8. The number of aliphatic hydroxyl groups is 1. The van der Waals surface area contributed by atoms with Gasteiger partial charge in [0.25, 0.3) is 0 Å². The van der Waals surface area contributed by atoms with Gasteiger partial charge in [0.15, 0.2) is 5.78 Å². The Labute approximate surface area is 344 Å². The molecular weight excluding hydrogens is 709 g/mol. The zero-order valence-electron chi connectivity index (χ0n) is 35.1. The molecule has 6 rings (SSSR count). The quantitative estimate of drug-likeness (QED) is 0.102. The minimum absolute atomic E-state index is 0.118. The summed E-state index contributed by atoms with van der Waals surface area (Å²) in [6.07, 6.45) is 18.2. The molecule has 6 heteroatoms. The summed E-state index contributed by atoms with van der Waals surface area (Å²) in [5, 5.41) is 9.83. The summed E-state index contributed by atoms with van der Waals surface area (Å²) >= 11 is 0. The fourth-order valence-electron chi connectivity index (χ4n) is 8.12. The van der Waals surface area contributed by atoms with Gasteiger partial charge in [0.2, 0.25) is 0 Å². The van der Waals surface area contributed by atoms with Crippen molar-refractivity contribution in [2.24, 2.45) is 23.7 Å². The van der Waals surface area contributed by atoms with E-state index in [1.165, 1.54) is 55.2 Å². The monoisotopic (exact) mass is 779 g/mol. The number of allylic oxidation sites excluding steroid dienone is 4. The number of hydrogen-bond donors (Lipinski definition) is 1. The van der Waals surface area contributed by atoms with E-state index >= 15 is 0 Å². The predicted octanol–water partition coefficient (Wildman–Crippen LogP) is 11.6. The van der Waals surface area contributed by atoms with Crippen LogP contribution < -0.4 is 0 Å². The fraction of sp³-hybridized carbons (Fsp3) is 0.529. The van der Waals surface area contributed by atoms with Crippen LogP contribution in [0, 0.1) is 23.7 Å². The average molecular weight is 779 g/mol. The Balaban J connectivity index is 0.000000190. The molecule has 3 aliphatic carbocycles. The van der Waals surface area contributed by atoms with E-state index in [1.54, 1.807) is 19.4 Å². The molecule has 0 aliphatic heterocycles. The summed E-state index contributed by atoms with van der Waals surface area (Å²) in [6, 6.07) is 30.8. The van der Waals surface area contributed by atoms with E-state index in [0.29, 0.717) is 25.0 Å². The van der Waals surface area contributed by atoms with Crippen LogP contribution in [-0.2, 0) is 43.6 Å². The molecule has 3 aliphatic rings. The highest BCUT2D eigenvalue weighted by molar-refractivity contribution is 5.93. The van der Waals surface area contributed by atoms with Crippen molar-refractivity contribution in [3.8, 4) is 0 Å². The molecule has 0 bridgehead atoms. The van der Waals surface area contributed by atoms with Gasteiger partial charge in [-0.3, -0.25) is 9.59 Å². The van der Waals surface area contributed by atoms with E-state index in [0.717, 1.165) is 82.9 Å². The van der Waals surface area contributed by atoms with Gasteiger partial charge in [-0.1, -0.05) is 116 Å². The van der Waals surface area contributed by atoms with Gasteiger partial charge in [0.05, 0.1) is 25.9 Å². The lowest BCUT2D eigenvalue weighted by Gasteiger charge is -2.31. The van der Waals surface area contributed by atoms with Crippen LogP contribution in [0.2, 0.25) is 0 Å². The molecule has 57 heavy (non-hydrogen) atoms. The summed E-state index contributed by atoms with van der Waals surface area (Å²) < 4.78 is 17.2. The molecule has 0 amide bonds. The third kappa shape index (κ3) is 18.6. The van der Waals surface area contributed by atoms with E-state index in [2.05, 4.69) is 67.6 Å². The molecule has 0 saturated heterocycles. The summed E-state index contributed by atoms with van der Waals surface area (Å²) in [5.41, 5.74) is 6.34. The number of aliphatic hydroxyl groups excluding tert-OH is 1. The molecular formula is C51H70O6. The van der Waals surface area contributed by atoms with Crippen LogP contribution in [0.4, 0.5) is 0 Å². The van der Waals surface area contributed by atoms with Gasteiger partial charge in [-0.2, -0.15) is 0 Å². The number of hydrogen-bond acceptors (Lipinski definition) is 6. The maximum atomic E-state index is 11.5. The predicted molar refractivity (Wildman–Crippen MR) is 231 cm³/mol. The van der Waals surface area contributed by atoms with E-state index < -0.39 is 6.10 Å². The number of benzene rings is 3. The second kappa shape index (κ2) is 27.1. The van der Waals surface area contributed by atoms with Crippen molar-refractivity contribution in [1.29, 1.82) is 0 Å². The molecule has 3 aromatic carbocycles. The molecule has 1 N–H and O–H groups in total. The largest absolute Gasteiger partial charge is 0.392 e. The maximum absolute atomic E-state index is 11.5. The smallest absolute Gasteiger partial charge is 0.155 e. The second-order valence-corrected chi connectivity index (χ2v) is 16.2. The molecule has 1 fully saturated rings. The minimum Gasteiger partial charge on any atom is -0.392 e. The molecule has 0 radical (unpaired) electrons. The van der Waals surface area contributed by atoms with E-state index in [1.807, 2.05) is 42.5 Å². The molecule has 5 unspecified atom stereocenters. The Morgan fingerprint density at radius 1 is 0.596 bits per heavy atom. The summed E-state index contributed by atoms with van der Waals surface area (Å²) in [5.74, 6) is 2.15. The number of carbonyl (C=O) groups is 2. The van der Waals surface area contributed by atoms with Crippen molar-refractivity contribution < 1.29 is 28.9 Å². The zero-order valence-corrected chi connectivity index (χ0v) is 35.1. The fourth-order valence-corrected chi connectivity index (χ4v) is 8.12. The van der Waals surface area contributed by atoms with Crippen molar-refractivity contribution in [2.75, 3.05) is 19.8 Å². The van der Waals surface area contributed by atoms with Crippen LogP contribution in [-0.4, -0.2) is 42.6 Å². The molecule has 6 nitrogen and oxygen atoms in total. The number of ether oxygens (including phenoxy) is 3. The van der Waals surface area contributed by atoms with Crippen molar-refractivity contribution in [3.05, 3.63) is 131 Å². The van der Waals surface area contributed by atoms with Crippen LogP contribution in [0.25, 0.3) is 0 Å². The highest BCUT2D eigenvalue weighted by Crippen LogP contribution is 2.32. The van der Waals surface area contributed by atoms with Crippen molar-refractivity contribution in [1.82, 2.24) is 0 Å². The zero-order chi connectivity index (χ0) is 40.5.